The first-order chi connectivity index (χ1) is 3.81. The third kappa shape index (κ3) is 9.99. The maximum atomic E-state index is 8.17. The Hall–Kier alpha value is 0.884. The van der Waals surface area contributed by atoms with Crippen molar-refractivity contribution in [1.29, 1.82) is 0 Å². The molecule has 0 saturated heterocycles. The molecule has 0 aromatic carbocycles. The molecule has 0 unspecified atom stereocenters. The Morgan fingerprint density at radius 2 is 1.50 bits per heavy atom. The first-order valence-corrected chi connectivity index (χ1v) is 4.04. The summed E-state index contributed by atoms with van der Waals surface area (Å²) in [6.45, 7) is -0.729. The SMILES string of the molecule is OCC(O)CO.[Cl][Ti]. The number of halogens is 1. The van der Waals surface area contributed by atoms with E-state index in [1.54, 1.807) is 0 Å². The van der Waals surface area contributed by atoms with Crippen molar-refractivity contribution >= 4 is 9.30 Å². The van der Waals surface area contributed by atoms with Crippen molar-refractivity contribution < 1.29 is 34.7 Å². The summed E-state index contributed by atoms with van der Waals surface area (Å²) in [5, 5.41) is 24.0. The minimum atomic E-state index is -0.954. The maximum absolute atomic E-state index is 8.17. The van der Waals surface area contributed by atoms with Gasteiger partial charge in [0.25, 0.3) is 0 Å². The van der Waals surface area contributed by atoms with Crippen LogP contribution in [0.25, 0.3) is 0 Å². The van der Waals surface area contributed by atoms with E-state index in [2.05, 4.69) is 9.30 Å². The molecule has 0 spiro atoms. The van der Waals surface area contributed by atoms with Crippen molar-refractivity contribution in [2.75, 3.05) is 13.2 Å². The number of aliphatic hydroxyl groups excluding tert-OH is 3. The van der Waals surface area contributed by atoms with Gasteiger partial charge >= 0.3 is 28.7 Å². The van der Waals surface area contributed by atoms with Gasteiger partial charge in [0.05, 0.1) is 13.2 Å². The van der Waals surface area contributed by atoms with Crippen LogP contribution in [0.15, 0.2) is 0 Å². The van der Waals surface area contributed by atoms with Crippen molar-refractivity contribution in [2.45, 2.75) is 6.10 Å². The summed E-state index contributed by atoms with van der Waals surface area (Å²) in [6.07, 6.45) is -0.954. The summed E-state index contributed by atoms with van der Waals surface area (Å²) in [5.74, 6) is 0. The van der Waals surface area contributed by atoms with Crippen LogP contribution < -0.4 is 0 Å². The second-order valence-electron chi connectivity index (χ2n) is 1.02. The van der Waals surface area contributed by atoms with Crippen molar-refractivity contribution in [3.63, 3.8) is 0 Å². The molecule has 0 saturated carbocycles. The van der Waals surface area contributed by atoms with Gasteiger partial charge in [-0.1, -0.05) is 0 Å². The predicted molar refractivity (Wildman–Crippen MR) is 26.0 cm³/mol. The van der Waals surface area contributed by atoms with E-state index in [0.717, 1.165) is 0 Å². The van der Waals surface area contributed by atoms with Crippen LogP contribution in [0.1, 0.15) is 0 Å². The van der Waals surface area contributed by atoms with Gasteiger partial charge in [-0.25, -0.2) is 0 Å². The van der Waals surface area contributed by atoms with Crippen LogP contribution in [-0.2, 0) is 19.4 Å². The van der Waals surface area contributed by atoms with Gasteiger partial charge in [0, 0.05) is 0 Å². The molecule has 0 aliphatic rings. The van der Waals surface area contributed by atoms with Gasteiger partial charge in [-0.05, 0) is 0 Å². The molecule has 3 N–H and O–H groups in total. The Labute approximate surface area is 63.6 Å². The Kier molecular flexibility index (Phi) is 15.7. The summed E-state index contributed by atoms with van der Waals surface area (Å²) in [7, 11) is 4.64. The first-order valence-electron chi connectivity index (χ1n) is 1.90. The van der Waals surface area contributed by atoms with Crippen LogP contribution in [0.4, 0.5) is 0 Å². The molecule has 49 valence electrons. The molecule has 3 nitrogen and oxygen atoms in total. The van der Waals surface area contributed by atoms with Gasteiger partial charge in [0.2, 0.25) is 0 Å². The third-order valence-electron chi connectivity index (χ3n) is 0.421. The third-order valence-corrected chi connectivity index (χ3v) is 0.421. The molecular weight excluding hydrogens is 167 g/mol. The van der Waals surface area contributed by atoms with E-state index in [0.29, 0.717) is 0 Å². The number of hydrogen-bond acceptors (Lipinski definition) is 3. The van der Waals surface area contributed by atoms with Gasteiger partial charge < -0.3 is 15.3 Å². The summed E-state index contributed by atoms with van der Waals surface area (Å²) < 4.78 is 0. The fourth-order valence-electron chi connectivity index (χ4n) is 0.0577. The van der Waals surface area contributed by atoms with Crippen LogP contribution in [-0.4, -0.2) is 34.6 Å². The van der Waals surface area contributed by atoms with Crippen LogP contribution >= 0.6 is 9.30 Å². The van der Waals surface area contributed by atoms with E-state index in [-0.39, 0.29) is 13.2 Å². The molecule has 0 radical (unpaired) electrons. The predicted octanol–water partition coefficient (Wildman–Crippen LogP) is -0.981. The summed E-state index contributed by atoms with van der Waals surface area (Å²) in [4.78, 5) is 0. The summed E-state index contributed by atoms with van der Waals surface area (Å²) in [6, 6.07) is 0. The average Bonchev–Trinajstić information content (AvgIpc) is 1.91. The minimum absolute atomic E-state index is 0.365. The van der Waals surface area contributed by atoms with E-state index in [1.807, 2.05) is 0 Å². The zero-order chi connectivity index (χ0) is 6.99. The van der Waals surface area contributed by atoms with E-state index in [9.17, 15) is 0 Å². The monoisotopic (exact) mass is 175 g/mol. The fourth-order valence-corrected chi connectivity index (χ4v) is 0.0577. The summed E-state index contributed by atoms with van der Waals surface area (Å²) >= 11 is 1.47. The second-order valence-corrected chi connectivity index (χ2v) is 1.02. The van der Waals surface area contributed by atoms with Crippen molar-refractivity contribution in [3.8, 4) is 0 Å². The van der Waals surface area contributed by atoms with Gasteiger partial charge in [-0.3, -0.25) is 0 Å². The quantitative estimate of drug-likeness (QED) is 0.473. The molecule has 0 rings (SSSR count). The number of aliphatic hydroxyl groups is 3. The molecule has 5 heteroatoms. The molecule has 0 heterocycles. The molecule has 0 aliphatic heterocycles. The molecular formula is C3H8ClO3Ti. The molecule has 8 heavy (non-hydrogen) atoms. The number of hydrogen-bond donors (Lipinski definition) is 3. The molecule has 0 fully saturated rings. The van der Waals surface area contributed by atoms with Crippen LogP contribution in [0.3, 0.4) is 0 Å². The molecule has 0 atom stereocenters. The molecule has 0 aliphatic carbocycles. The Morgan fingerprint density at radius 3 is 1.50 bits per heavy atom. The molecule has 0 bridgehead atoms. The zero-order valence-electron chi connectivity index (χ0n) is 4.21. The standard InChI is InChI=1S/C3H8O3.ClH.Ti/c4-1-3(6)2-5;;/h3-6H,1-2H2;1H;/q;;+1/p-1. The van der Waals surface area contributed by atoms with Crippen molar-refractivity contribution in [1.82, 2.24) is 0 Å². The van der Waals surface area contributed by atoms with E-state index in [1.165, 1.54) is 19.4 Å². The van der Waals surface area contributed by atoms with E-state index < -0.39 is 6.10 Å². The normalized spacial score (nSPS) is 8.00. The topological polar surface area (TPSA) is 60.7 Å². The fraction of sp³-hybridized carbons (Fsp3) is 1.00. The van der Waals surface area contributed by atoms with E-state index in [4.69, 9.17) is 15.3 Å². The van der Waals surface area contributed by atoms with E-state index >= 15 is 0 Å². The van der Waals surface area contributed by atoms with Gasteiger partial charge in [-0.2, -0.15) is 0 Å². The summed E-state index contributed by atoms with van der Waals surface area (Å²) in [5.41, 5.74) is 0. The molecule has 0 aromatic rings. The molecule has 0 amide bonds. The first kappa shape index (κ1) is 11.7. The Morgan fingerprint density at radius 1 is 1.25 bits per heavy atom. The molecule has 0 aromatic heterocycles. The average molecular weight is 175 g/mol. The van der Waals surface area contributed by atoms with Crippen molar-refractivity contribution in [2.24, 2.45) is 0 Å². The van der Waals surface area contributed by atoms with Crippen LogP contribution in [0.5, 0.6) is 0 Å². The van der Waals surface area contributed by atoms with Gasteiger partial charge in [-0.15, -0.1) is 0 Å². The second kappa shape index (κ2) is 10.8. The number of rotatable bonds is 2. The zero-order valence-corrected chi connectivity index (χ0v) is 6.53. The Balaban J connectivity index is 0. The Bertz CT molecular complexity index is 33.7. The van der Waals surface area contributed by atoms with Gasteiger partial charge in [0.15, 0.2) is 0 Å². The van der Waals surface area contributed by atoms with Crippen molar-refractivity contribution in [3.05, 3.63) is 0 Å². The van der Waals surface area contributed by atoms with Crippen LogP contribution in [0, 0.1) is 0 Å². The van der Waals surface area contributed by atoms with Gasteiger partial charge in [0.1, 0.15) is 6.10 Å². The van der Waals surface area contributed by atoms with Crippen LogP contribution in [0.2, 0.25) is 0 Å².